The molecular weight excluding hydrogens is 362 g/mol. The number of rotatable bonds is 3. The maximum atomic E-state index is 12.8. The molecule has 28 heavy (non-hydrogen) atoms. The summed E-state index contributed by atoms with van der Waals surface area (Å²) in [6.45, 7) is 2.64. The Kier molecular flexibility index (Phi) is 6.13. The van der Waals surface area contributed by atoms with Crippen LogP contribution in [0.2, 0.25) is 0 Å². The average molecular weight is 387 g/mol. The minimum Gasteiger partial charge on any atom is -0.354 e. The summed E-state index contributed by atoms with van der Waals surface area (Å²) in [5, 5.41) is 8.24. The average Bonchev–Trinajstić information content (AvgIpc) is 2.70. The molecule has 0 saturated carbocycles. The maximum Gasteiger partial charge on any atom is 0.321 e. The van der Waals surface area contributed by atoms with Gasteiger partial charge in [0.1, 0.15) is 12.1 Å². The number of nitrogens with zero attached hydrogens (tertiary/aromatic N) is 2. The Balaban J connectivity index is 1.67. The van der Waals surface area contributed by atoms with Gasteiger partial charge in [0.2, 0.25) is 17.7 Å². The number of amides is 5. The molecule has 2 saturated heterocycles. The largest absolute Gasteiger partial charge is 0.354 e. The van der Waals surface area contributed by atoms with E-state index in [0.717, 1.165) is 6.42 Å². The lowest BCUT2D eigenvalue weighted by atomic mass is 10.1. The van der Waals surface area contributed by atoms with Crippen molar-refractivity contribution in [3.05, 3.63) is 30.3 Å². The SMILES string of the molecule is CC(=O)N1CCN(C(=O)Nc2ccccc2)CC1C(=O)NC1CCCNC1=O. The fourth-order valence-electron chi connectivity index (χ4n) is 3.47. The highest BCUT2D eigenvalue weighted by molar-refractivity contribution is 5.94. The number of piperazine rings is 1. The van der Waals surface area contributed by atoms with Crippen LogP contribution in [0.1, 0.15) is 19.8 Å². The Morgan fingerprint density at radius 1 is 1.14 bits per heavy atom. The van der Waals surface area contributed by atoms with Gasteiger partial charge in [-0.05, 0) is 25.0 Å². The molecule has 2 unspecified atom stereocenters. The molecule has 1 aromatic carbocycles. The minimum atomic E-state index is -0.831. The molecule has 2 aliphatic rings. The van der Waals surface area contributed by atoms with Gasteiger partial charge >= 0.3 is 6.03 Å². The van der Waals surface area contributed by atoms with Crippen LogP contribution in [0.15, 0.2) is 30.3 Å². The first-order valence-corrected chi connectivity index (χ1v) is 9.42. The van der Waals surface area contributed by atoms with Crippen LogP contribution in [0.3, 0.4) is 0 Å². The van der Waals surface area contributed by atoms with E-state index in [2.05, 4.69) is 16.0 Å². The summed E-state index contributed by atoms with van der Waals surface area (Å²) in [6, 6.07) is 7.26. The van der Waals surface area contributed by atoms with Crippen LogP contribution in [-0.2, 0) is 14.4 Å². The van der Waals surface area contributed by atoms with E-state index in [-0.39, 0.29) is 30.9 Å². The lowest BCUT2D eigenvalue weighted by molar-refractivity contribution is -0.142. The topological polar surface area (TPSA) is 111 Å². The lowest BCUT2D eigenvalue weighted by Crippen LogP contribution is -2.63. The van der Waals surface area contributed by atoms with Gasteiger partial charge in [0, 0.05) is 32.2 Å². The predicted molar refractivity (Wildman–Crippen MR) is 102 cm³/mol. The van der Waals surface area contributed by atoms with Gasteiger partial charge < -0.3 is 25.8 Å². The zero-order chi connectivity index (χ0) is 20.1. The van der Waals surface area contributed by atoms with Crippen LogP contribution in [0.25, 0.3) is 0 Å². The van der Waals surface area contributed by atoms with E-state index in [0.29, 0.717) is 25.2 Å². The fraction of sp³-hybridized carbons (Fsp3) is 0.474. The standard InChI is InChI=1S/C19H25N5O4/c1-13(25)24-11-10-23(19(28)21-14-6-3-2-4-7-14)12-16(24)18(27)22-15-8-5-9-20-17(15)26/h2-4,6-7,15-16H,5,8-12H2,1H3,(H,20,26)(H,21,28)(H,22,27). The third-order valence-electron chi connectivity index (χ3n) is 5.00. The second-order valence-electron chi connectivity index (χ2n) is 6.96. The van der Waals surface area contributed by atoms with E-state index in [9.17, 15) is 19.2 Å². The van der Waals surface area contributed by atoms with Crippen molar-refractivity contribution in [2.75, 3.05) is 31.5 Å². The van der Waals surface area contributed by atoms with Gasteiger partial charge in [0.15, 0.2) is 0 Å². The summed E-state index contributed by atoms with van der Waals surface area (Å²) in [6.07, 6.45) is 1.34. The highest BCUT2D eigenvalue weighted by Gasteiger charge is 2.37. The molecule has 2 atom stereocenters. The maximum absolute atomic E-state index is 12.8. The van der Waals surface area contributed by atoms with Gasteiger partial charge in [-0.2, -0.15) is 0 Å². The second kappa shape index (κ2) is 8.73. The van der Waals surface area contributed by atoms with Crippen LogP contribution in [0, 0.1) is 0 Å². The van der Waals surface area contributed by atoms with Crippen LogP contribution in [0.5, 0.6) is 0 Å². The Bertz CT molecular complexity index is 754. The van der Waals surface area contributed by atoms with Crippen molar-refractivity contribution in [1.29, 1.82) is 0 Å². The molecule has 0 aliphatic carbocycles. The Morgan fingerprint density at radius 2 is 1.89 bits per heavy atom. The highest BCUT2D eigenvalue weighted by atomic mass is 16.2. The molecule has 3 N–H and O–H groups in total. The Labute approximate surface area is 163 Å². The lowest BCUT2D eigenvalue weighted by Gasteiger charge is -2.40. The number of hydrogen-bond acceptors (Lipinski definition) is 4. The molecule has 2 fully saturated rings. The van der Waals surface area contributed by atoms with Crippen molar-refractivity contribution in [3.8, 4) is 0 Å². The number of anilines is 1. The van der Waals surface area contributed by atoms with Gasteiger partial charge in [-0.3, -0.25) is 14.4 Å². The monoisotopic (exact) mass is 387 g/mol. The first-order valence-electron chi connectivity index (χ1n) is 9.42. The molecule has 9 heteroatoms. The van der Waals surface area contributed by atoms with E-state index < -0.39 is 18.0 Å². The highest BCUT2D eigenvalue weighted by Crippen LogP contribution is 2.14. The quantitative estimate of drug-likeness (QED) is 0.685. The Hall–Kier alpha value is -3.10. The van der Waals surface area contributed by atoms with Crippen molar-refractivity contribution in [3.63, 3.8) is 0 Å². The summed E-state index contributed by atoms with van der Waals surface area (Å²) in [4.78, 5) is 52.2. The summed E-state index contributed by atoms with van der Waals surface area (Å²) in [5.41, 5.74) is 0.654. The zero-order valence-electron chi connectivity index (χ0n) is 15.8. The summed E-state index contributed by atoms with van der Waals surface area (Å²) in [7, 11) is 0. The second-order valence-corrected chi connectivity index (χ2v) is 6.96. The van der Waals surface area contributed by atoms with Crippen molar-refractivity contribution in [2.24, 2.45) is 0 Å². The molecule has 0 aromatic heterocycles. The number of piperidine rings is 1. The normalized spacial score (nSPS) is 22.2. The molecule has 1 aromatic rings. The van der Waals surface area contributed by atoms with E-state index in [1.165, 1.54) is 16.7 Å². The van der Waals surface area contributed by atoms with Crippen LogP contribution in [-0.4, -0.2) is 71.8 Å². The number of para-hydroxylation sites is 1. The van der Waals surface area contributed by atoms with Crippen LogP contribution in [0.4, 0.5) is 10.5 Å². The first kappa shape index (κ1) is 19.7. The summed E-state index contributed by atoms with van der Waals surface area (Å²) >= 11 is 0. The Morgan fingerprint density at radius 3 is 2.57 bits per heavy atom. The van der Waals surface area contributed by atoms with Crippen LogP contribution >= 0.6 is 0 Å². The summed E-state index contributed by atoms with van der Waals surface area (Å²) in [5.74, 6) is -0.880. The van der Waals surface area contributed by atoms with E-state index in [1.54, 1.807) is 12.1 Å². The molecule has 150 valence electrons. The number of carbonyl (C=O) groups is 4. The molecular formula is C19H25N5O4. The molecule has 3 rings (SSSR count). The minimum absolute atomic E-state index is 0.0679. The summed E-state index contributed by atoms with van der Waals surface area (Å²) < 4.78 is 0. The molecule has 2 aliphatic heterocycles. The van der Waals surface area contributed by atoms with Crippen molar-refractivity contribution < 1.29 is 19.2 Å². The van der Waals surface area contributed by atoms with Gasteiger partial charge in [0.25, 0.3) is 0 Å². The molecule has 0 bridgehead atoms. The van der Waals surface area contributed by atoms with Gasteiger partial charge in [-0.25, -0.2) is 4.79 Å². The van der Waals surface area contributed by atoms with Crippen molar-refractivity contribution >= 4 is 29.4 Å². The van der Waals surface area contributed by atoms with Gasteiger partial charge in [-0.1, -0.05) is 18.2 Å². The van der Waals surface area contributed by atoms with Gasteiger partial charge in [0.05, 0.1) is 6.54 Å². The molecule has 0 radical (unpaired) electrons. The molecule has 2 heterocycles. The van der Waals surface area contributed by atoms with E-state index in [1.807, 2.05) is 18.2 Å². The van der Waals surface area contributed by atoms with E-state index >= 15 is 0 Å². The molecule has 5 amide bonds. The molecule has 0 spiro atoms. The third kappa shape index (κ3) is 4.59. The molecule has 9 nitrogen and oxygen atoms in total. The van der Waals surface area contributed by atoms with E-state index in [4.69, 9.17) is 0 Å². The third-order valence-corrected chi connectivity index (χ3v) is 5.00. The van der Waals surface area contributed by atoms with Crippen molar-refractivity contribution in [2.45, 2.75) is 31.8 Å². The van der Waals surface area contributed by atoms with Crippen molar-refractivity contribution in [1.82, 2.24) is 20.4 Å². The van der Waals surface area contributed by atoms with Gasteiger partial charge in [-0.15, -0.1) is 0 Å². The predicted octanol–water partition coefficient (Wildman–Crippen LogP) is 0.146. The smallest absolute Gasteiger partial charge is 0.321 e. The number of hydrogen-bond donors (Lipinski definition) is 3. The van der Waals surface area contributed by atoms with Crippen LogP contribution < -0.4 is 16.0 Å². The number of nitrogens with one attached hydrogen (secondary N) is 3. The number of urea groups is 1. The number of benzene rings is 1. The first-order chi connectivity index (χ1) is 13.5. The zero-order valence-corrected chi connectivity index (χ0v) is 15.8. The fourth-order valence-corrected chi connectivity index (χ4v) is 3.47. The number of carbonyl (C=O) groups excluding carboxylic acids is 4.